The second-order valence-corrected chi connectivity index (χ2v) is 4.38. The third-order valence-electron chi connectivity index (χ3n) is 2.98. The third kappa shape index (κ3) is 4.13. The van der Waals surface area contributed by atoms with Gasteiger partial charge in [0.15, 0.2) is 18.1 Å². The first kappa shape index (κ1) is 13.7. The maximum absolute atomic E-state index is 11.6. The van der Waals surface area contributed by atoms with E-state index >= 15 is 0 Å². The Bertz CT molecular complexity index is 416. The van der Waals surface area contributed by atoms with Crippen molar-refractivity contribution in [1.29, 1.82) is 0 Å². The Morgan fingerprint density at radius 2 is 2.21 bits per heavy atom. The number of carbonyl (C=O) groups excluding carboxylic acids is 1. The highest BCUT2D eigenvalue weighted by atomic mass is 16.5. The largest absolute Gasteiger partial charge is 0.493 e. The number of para-hydroxylation sites is 2. The van der Waals surface area contributed by atoms with Crippen LogP contribution in [0, 0.1) is 0 Å². The molecule has 1 aromatic rings. The molecule has 1 aliphatic rings. The number of nitrogens with one attached hydrogen (secondary N) is 1. The van der Waals surface area contributed by atoms with Crippen LogP contribution in [0.1, 0.15) is 12.8 Å². The summed E-state index contributed by atoms with van der Waals surface area (Å²) in [7, 11) is 1.57. The molecule has 1 saturated heterocycles. The predicted molar refractivity (Wildman–Crippen MR) is 70.5 cm³/mol. The van der Waals surface area contributed by atoms with Crippen LogP contribution in [0.15, 0.2) is 24.3 Å². The van der Waals surface area contributed by atoms with Crippen molar-refractivity contribution < 1.29 is 19.0 Å². The van der Waals surface area contributed by atoms with Crippen molar-refractivity contribution in [1.82, 2.24) is 5.32 Å². The van der Waals surface area contributed by atoms with E-state index in [4.69, 9.17) is 14.2 Å². The molecule has 1 fully saturated rings. The number of hydrogen-bond donors (Lipinski definition) is 1. The summed E-state index contributed by atoms with van der Waals surface area (Å²) >= 11 is 0. The van der Waals surface area contributed by atoms with Gasteiger partial charge in [0.1, 0.15) is 0 Å². The van der Waals surface area contributed by atoms with E-state index in [0.29, 0.717) is 18.0 Å². The molecule has 0 unspecified atom stereocenters. The highest BCUT2D eigenvalue weighted by Crippen LogP contribution is 2.25. The van der Waals surface area contributed by atoms with Gasteiger partial charge in [0, 0.05) is 13.2 Å². The Labute approximate surface area is 112 Å². The van der Waals surface area contributed by atoms with Crippen LogP contribution in [-0.2, 0) is 9.53 Å². The topological polar surface area (TPSA) is 56.8 Å². The summed E-state index contributed by atoms with van der Waals surface area (Å²) in [6.45, 7) is 1.32. The Morgan fingerprint density at radius 3 is 2.89 bits per heavy atom. The summed E-state index contributed by atoms with van der Waals surface area (Å²) in [5.74, 6) is 1.04. The van der Waals surface area contributed by atoms with Gasteiger partial charge < -0.3 is 19.5 Å². The van der Waals surface area contributed by atoms with Crippen LogP contribution in [0.3, 0.4) is 0 Å². The molecule has 1 heterocycles. The summed E-state index contributed by atoms with van der Waals surface area (Å²) in [6.07, 6.45) is 2.22. The van der Waals surface area contributed by atoms with Crippen molar-refractivity contribution in [2.24, 2.45) is 0 Å². The quantitative estimate of drug-likeness (QED) is 0.844. The predicted octanol–water partition coefficient (Wildman–Crippen LogP) is 1.37. The summed E-state index contributed by atoms with van der Waals surface area (Å²) < 4.78 is 16.0. The van der Waals surface area contributed by atoms with Crippen molar-refractivity contribution in [2.75, 3.05) is 26.9 Å². The second-order valence-electron chi connectivity index (χ2n) is 4.38. The van der Waals surface area contributed by atoms with E-state index in [1.54, 1.807) is 19.2 Å². The van der Waals surface area contributed by atoms with Crippen LogP contribution in [-0.4, -0.2) is 38.9 Å². The lowest BCUT2D eigenvalue weighted by atomic mass is 10.2. The highest BCUT2D eigenvalue weighted by Gasteiger charge is 2.16. The van der Waals surface area contributed by atoms with E-state index in [2.05, 4.69) is 5.32 Å². The Morgan fingerprint density at radius 1 is 1.42 bits per heavy atom. The van der Waals surface area contributed by atoms with Crippen LogP contribution in [0.4, 0.5) is 0 Å². The van der Waals surface area contributed by atoms with Gasteiger partial charge in [0.25, 0.3) is 5.91 Å². The molecule has 1 N–H and O–H groups in total. The maximum atomic E-state index is 11.6. The van der Waals surface area contributed by atoms with Crippen molar-refractivity contribution in [3.05, 3.63) is 24.3 Å². The molecule has 1 aliphatic heterocycles. The van der Waals surface area contributed by atoms with Gasteiger partial charge in [-0.05, 0) is 25.0 Å². The van der Waals surface area contributed by atoms with Gasteiger partial charge in [-0.2, -0.15) is 0 Å². The molecule has 2 rings (SSSR count). The number of rotatable bonds is 6. The first-order valence-corrected chi connectivity index (χ1v) is 6.43. The van der Waals surface area contributed by atoms with Gasteiger partial charge in [-0.3, -0.25) is 4.79 Å². The van der Waals surface area contributed by atoms with E-state index in [1.165, 1.54) is 0 Å². The zero-order chi connectivity index (χ0) is 13.5. The number of carbonyl (C=O) groups is 1. The minimum atomic E-state index is -0.151. The van der Waals surface area contributed by atoms with Crippen LogP contribution in [0.2, 0.25) is 0 Å². The third-order valence-corrected chi connectivity index (χ3v) is 2.98. The standard InChI is InChI=1S/C14H19NO4/c1-17-12-6-2-3-7-13(12)19-10-14(16)15-9-11-5-4-8-18-11/h2-3,6-7,11H,4-5,8-10H2,1H3,(H,15,16)/t11-/m1/s1. The number of methoxy groups -OCH3 is 1. The molecule has 1 amide bonds. The smallest absolute Gasteiger partial charge is 0.258 e. The van der Waals surface area contributed by atoms with Gasteiger partial charge in [-0.15, -0.1) is 0 Å². The molecule has 19 heavy (non-hydrogen) atoms. The molecular formula is C14H19NO4. The molecule has 0 saturated carbocycles. The van der Waals surface area contributed by atoms with E-state index in [9.17, 15) is 4.79 Å². The minimum Gasteiger partial charge on any atom is -0.493 e. The fourth-order valence-electron chi connectivity index (χ4n) is 1.97. The summed E-state index contributed by atoms with van der Waals surface area (Å²) in [6, 6.07) is 7.25. The number of hydrogen-bond acceptors (Lipinski definition) is 4. The minimum absolute atomic E-state index is 0.0207. The van der Waals surface area contributed by atoms with E-state index in [-0.39, 0.29) is 18.6 Å². The van der Waals surface area contributed by atoms with Crippen molar-refractivity contribution >= 4 is 5.91 Å². The van der Waals surface area contributed by atoms with Gasteiger partial charge >= 0.3 is 0 Å². The highest BCUT2D eigenvalue weighted by molar-refractivity contribution is 5.77. The Balaban J connectivity index is 1.73. The van der Waals surface area contributed by atoms with E-state index < -0.39 is 0 Å². The van der Waals surface area contributed by atoms with Gasteiger partial charge in [0.05, 0.1) is 13.2 Å². The molecule has 1 atom stereocenters. The summed E-state index contributed by atoms with van der Waals surface area (Å²) in [5, 5.41) is 2.80. The van der Waals surface area contributed by atoms with Crippen molar-refractivity contribution in [3.8, 4) is 11.5 Å². The molecule has 0 spiro atoms. The summed E-state index contributed by atoms with van der Waals surface area (Å²) in [4.78, 5) is 11.6. The average molecular weight is 265 g/mol. The Hall–Kier alpha value is -1.75. The zero-order valence-corrected chi connectivity index (χ0v) is 11.1. The van der Waals surface area contributed by atoms with Crippen LogP contribution in [0.5, 0.6) is 11.5 Å². The van der Waals surface area contributed by atoms with Gasteiger partial charge in [-0.1, -0.05) is 12.1 Å². The molecule has 0 bridgehead atoms. The summed E-state index contributed by atoms with van der Waals surface area (Å²) in [5.41, 5.74) is 0. The monoisotopic (exact) mass is 265 g/mol. The number of amides is 1. The SMILES string of the molecule is COc1ccccc1OCC(=O)NC[C@H]1CCCO1. The lowest BCUT2D eigenvalue weighted by Gasteiger charge is -2.12. The Kier molecular flexibility index (Phi) is 5.03. The molecular weight excluding hydrogens is 246 g/mol. The fourth-order valence-corrected chi connectivity index (χ4v) is 1.97. The molecule has 0 aromatic heterocycles. The van der Waals surface area contributed by atoms with Crippen LogP contribution < -0.4 is 14.8 Å². The molecule has 0 radical (unpaired) electrons. The van der Waals surface area contributed by atoms with Crippen LogP contribution in [0.25, 0.3) is 0 Å². The second kappa shape index (κ2) is 6.99. The first-order chi connectivity index (χ1) is 9.29. The lowest BCUT2D eigenvalue weighted by Crippen LogP contribution is -2.35. The zero-order valence-electron chi connectivity index (χ0n) is 11.1. The van der Waals surface area contributed by atoms with Gasteiger partial charge in [0.2, 0.25) is 0 Å². The number of benzene rings is 1. The molecule has 1 aromatic carbocycles. The normalized spacial score (nSPS) is 18.1. The maximum Gasteiger partial charge on any atom is 0.258 e. The average Bonchev–Trinajstić information content (AvgIpc) is 2.96. The first-order valence-electron chi connectivity index (χ1n) is 6.43. The number of ether oxygens (including phenoxy) is 3. The lowest BCUT2D eigenvalue weighted by molar-refractivity contribution is -0.123. The van der Waals surface area contributed by atoms with E-state index in [1.807, 2.05) is 12.1 Å². The van der Waals surface area contributed by atoms with Gasteiger partial charge in [-0.25, -0.2) is 0 Å². The van der Waals surface area contributed by atoms with Crippen molar-refractivity contribution in [2.45, 2.75) is 18.9 Å². The molecule has 5 heteroatoms. The van der Waals surface area contributed by atoms with E-state index in [0.717, 1.165) is 19.4 Å². The molecule has 0 aliphatic carbocycles. The molecule has 104 valence electrons. The molecule has 5 nitrogen and oxygen atoms in total. The van der Waals surface area contributed by atoms with Crippen molar-refractivity contribution in [3.63, 3.8) is 0 Å². The van der Waals surface area contributed by atoms with Crippen LogP contribution >= 0.6 is 0 Å². The fraction of sp³-hybridized carbons (Fsp3) is 0.500.